The fourth-order valence-electron chi connectivity index (χ4n) is 1.15. The smallest absolute Gasteiger partial charge is 0.308 e. The zero-order chi connectivity index (χ0) is 8.97. The molecule has 0 saturated heterocycles. The van der Waals surface area contributed by atoms with Crippen LogP contribution in [-0.2, 0) is 17.6 Å². The molecule has 12 heavy (non-hydrogen) atoms. The van der Waals surface area contributed by atoms with Crippen molar-refractivity contribution < 1.29 is 9.90 Å². The van der Waals surface area contributed by atoms with Gasteiger partial charge in [-0.25, -0.2) is 0 Å². The minimum Gasteiger partial charge on any atom is -0.481 e. The van der Waals surface area contributed by atoms with Crippen LogP contribution in [0.4, 0.5) is 0 Å². The Kier molecular flexibility index (Phi) is 3.29. The van der Waals surface area contributed by atoms with E-state index in [4.69, 9.17) is 5.11 Å². The summed E-state index contributed by atoms with van der Waals surface area (Å²) in [7, 11) is 0. The fraction of sp³-hybridized carbons (Fsp3) is 0.444. The molecule has 1 aromatic heterocycles. The number of carboxylic acids is 1. The lowest BCUT2D eigenvalue weighted by Crippen LogP contribution is -2.00. The van der Waals surface area contributed by atoms with E-state index < -0.39 is 5.97 Å². The van der Waals surface area contributed by atoms with Crippen molar-refractivity contribution in [3.8, 4) is 0 Å². The molecular formula is C9H12O2S. The van der Waals surface area contributed by atoms with E-state index in [1.54, 1.807) is 0 Å². The summed E-state index contributed by atoms with van der Waals surface area (Å²) in [6, 6.07) is 2.02. The molecular weight excluding hydrogens is 172 g/mol. The Hall–Kier alpha value is -0.830. The highest BCUT2D eigenvalue weighted by Gasteiger charge is 2.06. The van der Waals surface area contributed by atoms with Gasteiger partial charge in [-0.1, -0.05) is 13.3 Å². The third-order valence-electron chi connectivity index (χ3n) is 1.67. The summed E-state index contributed by atoms with van der Waals surface area (Å²) in [6.45, 7) is 2.10. The van der Waals surface area contributed by atoms with Crippen LogP contribution in [0.2, 0.25) is 0 Å². The van der Waals surface area contributed by atoms with Crippen LogP contribution in [0, 0.1) is 0 Å². The molecule has 1 heterocycles. The van der Waals surface area contributed by atoms with E-state index in [0.717, 1.165) is 17.7 Å². The number of hydrogen-bond donors (Lipinski definition) is 1. The summed E-state index contributed by atoms with van der Waals surface area (Å²) < 4.78 is 0. The number of hydrogen-bond acceptors (Lipinski definition) is 2. The Morgan fingerprint density at radius 1 is 1.67 bits per heavy atom. The summed E-state index contributed by atoms with van der Waals surface area (Å²) in [5.74, 6) is -0.741. The molecule has 0 unspecified atom stereocenters. The lowest BCUT2D eigenvalue weighted by Gasteiger charge is -1.97. The second kappa shape index (κ2) is 4.26. The van der Waals surface area contributed by atoms with E-state index in [1.807, 2.05) is 11.4 Å². The molecule has 0 aromatic carbocycles. The van der Waals surface area contributed by atoms with Crippen molar-refractivity contribution in [3.05, 3.63) is 21.9 Å². The van der Waals surface area contributed by atoms with Crippen LogP contribution in [0.25, 0.3) is 0 Å². The van der Waals surface area contributed by atoms with Crippen LogP contribution in [0.15, 0.2) is 11.4 Å². The van der Waals surface area contributed by atoms with Crippen LogP contribution in [0.5, 0.6) is 0 Å². The van der Waals surface area contributed by atoms with Gasteiger partial charge in [0.15, 0.2) is 0 Å². The number of carboxylic acid groups (broad SMARTS) is 1. The first kappa shape index (κ1) is 9.26. The van der Waals surface area contributed by atoms with E-state index in [0.29, 0.717) is 0 Å². The van der Waals surface area contributed by atoms with E-state index in [1.165, 1.54) is 16.9 Å². The van der Waals surface area contributed by atoms with Crippen molar-refractivity contribution in [1.29, 1.82) is 0 Å². The monoisotopic (exact) mass is 184 g/mol. The van der Waals surface area contributed by atoms with E-state index in [9.17, 15) is 4.79 Å². The molecule has 0 bridgehead atoms. The molecule has 0 aliphatic rings. The summed E-state index contributed by atoms with van der Waals surface area (Å²) >= 11 is 1.54. The van der Waals surface area contributed by atoms with Gasteiger partial charge in [0.25, 0.3) is 0 Å². The Bertz CT molecular complexity index is 265. The van der Waals surface area contributed by atoms with Crippen LogP contribution in [0.3, 0.4) is 0 Å². The first-order chi connectivity index (χ1) is 5.74. The number of aliphatic carboxylic acids is 1. The number of thiophene rings is 1. The topological polar surface area (TPSA) is 37.3 Å². The third kappa shape index (κ3) is 2.34. The van der Waals surface area contributed by atoms with Crippen molar-refractivity contribution in [3.63, 3.8) is 0 Å². The van der Waals surface area contributed by atoms with Gasteiger partial charge in [-0.2, -0.15) is 0 Å². The molecule has 0 spiro atoms. The molecule has 0 aliphatic heterocycles. The normalized spacial score (nSPS) is 10.1. The SMILES string of the molecule is CCCc1ccsc1CC(=O)O. The first-order valence-corrected chi connectivity index (χ1v) is 4.89. The molecule has 1 N–H and O–H groups in total. The van der Waals surface area contributed by atoms with Crippen molar-refractivity contribution in [2.75, 3.05) is 0 Å². The zero-order valence-corrected chi connectivity index (χ0v) is 7.86. The lowest BCUT2D eigenvalue weighted by molar-refractivity contribution is -0.136. The Morgan fingerprint density at radius 3 is 3.00 bits per heavy atom. The summed E-state index contributed by atoms with van der Waals surface area (Å²) in [4.78, 5) is 11.4. The first-order valence-electron chi connectivity index (χ1n) is 4.01. The second-order valence-corrected chi connectivity index (χ2v) is 3.69. The molecule has 0 fully saturated rings. The predicted molar refractivity (Wildman–Crippen MR) is 49.7 cm³/mol. The molecule has 0 saturated carbocycles. The molecule has 66 valence electrons. The lowest BCUT2D eigenvalue weighted by atomic mass is 10.1. The van der Waals surface area contributed by atoms with Crippen LogP contribution in [0.1, 0.15) is 23.8 Å². The molecule has 0 atom stereocenters. The van der Waals surface area contributed by atoms with Crippen LogP contribution in [-0.4, -0.2) is 11.1 Å². The largest absolute Gasteiger partial charge is 0.481 e. The minimum absolute atomic E-state index is 0.174. The van der Waals surface area contributed by atoms with Gasteiger partial charge in [-0.05, 0) is 23.4 Å². The Morgan fingerprint density at radius 2 is 2.42 bits per heavy atom. The van der Waals surface area contributed by atoms with Crippen LogP contribution < -0.4 is 0 Å². The molecule has 1 aromatic rings. The minimum atomic E-state index is -0.741. The highest BCUT2D eigenvalue weighted by molar-refractivity contribution is 7.10. The highest BCUT2D eigenvalue weighted by atomic mass is 32.1. The Balaban J connectivity index is 2.69. The average Bonchev–Trinajstić information content (AvgIpc) is 2.37. The van der Waals surface area contributed by atoms with E-state index in [-0.39, 0.29) is 6.42 Å². The van der Waals surface area contributed by atoms with Gasteiger partial charge in [-0.3, -0.25) is 4.79 Å². The summed E-state index contributed by atoms with van der Waals surface area (Å²) in [6.07, 6.45) is 2.24. The second-order valence-electron chi connectivity index (χ2n) is 2.69. The van der Waals surface area contributed by atoms with Gasteiger partial charge in [0.1, 0.15) is 0 Å². The van der Waals surface area contributed by atoms with E-state index in [2.05, 4.69) is 6.92 Å². The fourth-order valence-corrected chi connectivity index (χ4v) is 2.08. The van der Waals surface area contributed by atoms with Gasteiger partial charge < -0.3 is 5.11 Å². The number of carbonyl (C=O) groups is 1. The predicted octanol–water partition coefficient (Wildman–Crippen LogP) is 2.33. The summed E-state index contributed by atoms with van der Waals surface area (Å²) in [5, 5.41) is 10.5. The molecule has 2 nitrogen and oxygen atoms in total. The average molecular weight is 184 g/mol. The van der Waals surface area contributed by atoms with Gasteiger partial charge in [-0.15, -0.1) is 11.3 Å². The quantitative estimate of drug-likeness (QED) is 0.779. The zero-order valence-electron chi connectivity index (χ0n) is 7.04. The Labute approximate surface area is 75.9 Å². The molecule has 1 rings (SSSR count). The third-order valence-corrected chi connectivity index (χ3v) is 2.63. The van der Waals surface area contributed by atoms with Gasteiger partial charge in [0.05, 0.1) is 6.42 Å². The highest BCUT2D eigenvalue weighted by Crippen LogP contribution is 2.18. The van der Waals surface area contributed by atoms with Crippen molar-refractivity contribution in [1.82, 2.24) is 0 Å². The maximum atomic E-state index is 10.4. The van der Waals surface area contributed by atoms with Gasteiger partial charge in [0, 0.05) is 4.88 Å². The van der Waals surface area contributed by atoms with Gasteiger partial charge in [0.2, 0.25) is 0 Å². The molecule has 0 amide bonds. The number of rotatable bonds is 4. The number of aryl methyl sites for hydroxylation is 1. The van der Waals surface area contributed by atoms with E-state index >= 15 is 0 Å². The maximum Gasteiger partial charge on any atom is 0.308 e. The van der Waals surface area contributed by atoms with Crippen LogP contribution >= 0.6 is 11.3 Å². The maximum absolute atomic E-state index is 10.4. The van der Waals surface area contributed by atoms with Crippen molar-refractivity contribution in [2.45, 2.75) is 26.2 Å². The van der Waals surface area contributed by atoms with Crippen molar-refractivity contribution in [2.24, 2.45) is 0 Å². The standard InChI is InChI=1S/C9H12O2S/c1-2-3-7-4-5-12-8(7)6-9(10)11/h4-5H,2-3,6H2,1H3,(H,10,11). The van der Waals surface area contributed by atoms with Gasteiger partial charge >= 0.3 is 5.97 Å². The molecule has 0 radical (unpaired) electrons. The van der Waals surface area contributed by atoms with Crippen molar-refractivity contribution >= 4 is 17.3 Å². The molecule has 3 heteroatoms. The summed E-state index contributed by atoms with van der Waals surface area (Å²) in [5.41, 5.74) is 1.20. The molecule has 0 aliphatic carbocycles.